The van der Waals surface area contributed by atoms with Crippen LogP contribution in [0.25, 0.3) is 17.0 Å². The number of aryl methyl sites for hydroxylation is 1. The topological polar surface area (TPSA) is 75.2 Å². The van der Waals surface area contributed by atoms with Crippen LogP contribution >= 0.6 is 0 Å². The Labute approximate surface area is 168 Å². The van der Waals surface area contributed by atoms with Gasteiger partial charge in [0.05, 0.1) is 12.3 Å². The lowest BCUT2D eigenvalue weighted by Crippen LogP contribution is -2.34. The predicted octanol–water partition coefficient (Wildman–Crippen LogP) is 3.59. The lowest BCUT2D eigenvalue weighted by molar-refractivity contribution is -0.124. The molecular formula is C23H21N3O3. The smallest absolute Gasteiger partial charge is 0.260 e. The number of amides is 2. The summed E-state index contributed by atoms with van der Waals surface area (Å²) >= 11 is 0. The highest BCUT2D eigenvalue weighted by atomic mass is 16.3. The molecule has 1 aliphatic heterocycles. The Morgan fingerprint density at radius 3 is 2.90 bits per heavy atom. The lowest BCUT2D eigenvalue weighted by Gasteiger charge is -2.20. The zero-order chi connectivity index (χ0) is 20.4. The van der Waals surface area contributed by atoms with Crippen molar-refractivity contribution >= 4 is 40.4 Å². The molecule has 146 valence electrons. The molecule has 2 aromatic rings. The number of benzene rings is 1. The van der Waals surface area contributed by atoms with Crippen LogP contribution in [0.5, 0.6) is 0 Å². The summed E-state index contributed by atoms with van der Waals surface area (Å²) in [5.74, 6) is 0.322. The lowest BCUT2D eigenvalue weighted by atomic mass is 9.96. The molecular weight excluding hydrogens is 366 g/mol. The van der Waals surface area contributed by atoms with Gasteiger partial charge >= 0.3 is 0 Å². The third kappa shape index (κ3) is 3.74. The van der Waals surface area contributed by atoms with Crippen LogP contribution in [0.2, 0.25) is 0 Å². The minimum atomic E-state index is -0.411. The Kier molecular flexibility index (Phi) is 5.08. The highest BCUT2D eigenvalue weighted by Gasteiger charge is 2.26. The van der Waals surface area contributed by atoms with Gasteiger partial charge in [0.1, 0.15) is 17.3 Å². The first-order valence-corrected chi connectivity index (χ1v) is 9.55. The summed E-state index contributed by atoms with van der Waals surface area (Å²) in [4.78, 5) is 34.8. The first-order chi connectivity index (χ1) is 14.1. The van der Waals surface area contributed by atoms with Gasteiger partial charge in [0, 0.05) is 30.5 Å². The standard InChI is InChI=1S/C23H21N3O3/c1-3-19-16(15-8-5-7-11-20(15)29-19)12-13-22(27)26(2)14-21-24-18-10-6-4-9-17(18)23(28)25-21/h4-13,17H,3,14H2,1-2H3/b13-12+. The van der Waals surface area contributed by atoms with Crippen molar-refractivity contribution in [3.63, 3.8) is 0 Å². The Morgan fingerprint density at radius 1 is 1.24 bits per heavy atom. The van der Waals surface area contributed by atoms with Gasteiger partial charge in [0.2, 0.25) is 5.91 Å². The number of furan rings is 1. The van der Waals surface area contributed by atoms with Gasteiger partial charge in [-0.3, -0.25) is 9.59 Å². The fourth-order valence-corrected chi connectivity index (χ4v) is 3.42. The molecule has 1 unspecified atom stereocenters. The molecule has 0 saturated heterocycles. The molecule has 1 aliphatic carbocycles. The zero-order valence-corrected chi connectivity index (χ0v) is 16.3. The van der Waals surface area contributed by atoms with Crippen molar-refractivity contribution in [3.8, 4) is 0 Å². The van der Waals surface area contributed by atoms with E-state index in [1.54, 1.807) is 25.3 Å². The SMILES string of the molecule is CCc1oc2ccccc2c1/C=C/C(=O)N(C)CC1=NC(=O)C2C=CC=CC2=N1. The van der Waals surface area contributed by atoms with Crippen molar-refractivity contribution in [1.29, 1.82) is 0 Å². The number of carbonyl (C=O) groups excluding carboxylic acids is 2. The number of hydrogen-bond donors (Lipinski definition) is 0. The number of nitrogens with zero attached hydrogens (tertiary/aromatic N) is 3. The molecule has 1 aromatic heterocycles. The van der Waals surface area contributed by atoms with Crippen LogP contribution < -0.4 is 0 Å². The molecule has 29 heavy (non-hydrogen) atoms. The van der Waals surface area contributed by atoms with Gasteiger partial charge in [0.15, 0.2) is 5.84 Å². The summed E-state index contributed by atoms with van der Waals surface area (Å²) in [6.07, 6.45) is 11.3. The number of amidine groups is 1. The second kappa shape index (κ2) is 7.83. The third-order valence-corrected chi connectivity index (χ3v) is 4.94. The van der Waals surface area contributed by atoms with E-state index in [1.165, 1.54) is 11.0 Å². The summed E-state index contributed by atoms with van der Waals surface area (Å²) < 4.78 is 5.86. The van der Waals surface area contributed by atoms with Gasteiger partial charge in [-0.1, -0.05) is 43.4 Å². The van der Waals surface area contributed by atoms with E-state index in [4.69, 9.17) is 4.42 Å². The minimum Gasteiger partial charge on any atom is -0.460 e. The van der Waals surface area contributed by atoms with Gasteiger partial charge in [-0.2, -0.15) is 4.99 Å². The Balaban J connectivity index is 1.50. The van der Waals surface area contributed by atoms with Gasteiger partial charge < -0.3 is 9.32 Å². The number of carbonyl (C=O) groups is 2. The quantitative estimate of drug-likeness (QED) is 0.736. The van der Waals surface area contributed by atoms with Gasteiger partial charge in [-0.25, -0.2) is 4.99 Å². The van der Waals surface area contributed by atoms with E-state index in [0.717, 1.165) is 28.7 Å². The summed E-state index contributed by atoms with van der Waals surface area (Å²) in [6, 6.07) is 7.77. The number of para-hydroxylation sites is 1. The number of hydrogen-bond acceptors (Lipinski definition) is 4. The van der Waals surface area contributed by atoms with Crippen LogP contribution in [0.15, 0.2) is 69.0 Å². The maximum Gasteiger partial charge on any atom is 0.260 e. The molecule has 0 radical (unpaired) electrons. The van der Waals surface area contributed by atoms with Crippen molar-refractivity contribution in [3.05, 3.63) is 66.0 Å². The summed E-state index contributed by atoms with van der Waals surface area (Å²) in [7, 11) is 1.66. The number of likely N-dealkylation sites (N-methyl/N-ethyl adjacent to an activating group) is 1. The molecule has 0 saturated carbocycles. The first kappa shape index (κ1) is 18.8. The Morgan fingerprint density at radius 2 is 2.07 bits per heavy atom. The molecule has 0 fully saturated rings. The van der Waals surface area contributed by atoms with Gasteiger partial charge in [-0.15, -0.1) is 0 Å². The van der Waals surface area contributed by atoms with E-state index < -0.39 is 5.92 Å². The summed E-state index contributed by atoms with van der Waals surface area (Å²) in [5.41, 5.74) is 2.38. The molecule has 4 rings (SSSR count). The van der Waals surface area contributed by atoms with E-state index in [2.05, 4.69) is 9.98 Å². The third-order valence-electron chi connectivity index (χ3n) is 4.94. The maximum atomic E-state index is 12.6. The van der Waals surface area contributed by atoms with Crippen LogP contribution in [0.3, 0.4) is 0 Å². The summed E-state index contributed by atoms with van der Waals surface area (Å²) in [6.45, 7) is 2.18. The Hall–Kier alpha value is -3.54. The molecule has 2 amide bonds. The van der Waals surface area contributed by atoms with Crippen molar-refractivity contribution < 1.29 is 14.0 Å². The number of rotatable bonds is 5. The van der Waals surface area contributed by atoms with Crippen LogP contribution in [0, 0.1) is 5.92 Å². The second-order valence-corrected chi connectivity index (χ2v) is 6.94. The summed E-state index contributed by atoms with van der Waals surface area (Å²) in [5, 5.41) is 0.980. The van der Waals surface area contributed by atoms with E-state index >= 15 is 0 Å². The maximum absolute atomic E-state index is 12.6. The van der Waals surface area contributed by atoms with E-state index in [9.17, 15) is 9.59 Å². The van der Waals surface area contributed by atoms with Crippen LogP contribution in [-0.4, -0.2) is 41.9 Å². The number of aliphatic imine (C=N–C) groups is 2. The van der Waals surface area contributed by atoms with Crippen LogP contribution in [0.1, 0.15) is 18.2 Å². The van der Waals surface area contributed by atoms with Gasteiger partial charge in [-0.05, 0) is 18.2 Å². The van der Waals surface area contributed by atoms with Crippen molar-refractivity contribution in [2.75, 3.05) is 13.6 Å². The highest BCUT2D eigenvalue weighted by Crippen LogP contribution is 2.27. The normalized spacial score (nSPS) is 18.1. The average molecular weight is 387 g/mol. The molecule has 6 heteroatoms. The second-order valence-electron chi connectivity index (χ2n) is 6.94. The minimum absolute atomic E-state index is 0.162. The Bertz CT molecular complexity index is 1130. The number of fused-ring (bicyclic) bond motifs is 2. The van der Waals surface area contributed by atoms with Crippen LogP contribution in [0.4, 0.5) is 0 Å². The van der Waals surface area contributed by atoms with Gasteiger partial charge in [0.25, 0.3) is 5.91 Å². The first-order valence-electron chi connectivity index (χ1n) is 9.55. The largest absolute Gasteiger partial charge is 0.460 e. The number of allylic oxidation sites excluding steroid dienone is 3. The van der Waals surface area contributed by atoms with Crippen molar-refractivity contribution in [2.45, 2.75) is 13.3 Å². The highest BCUT2D eigenvalue weighted by molar-refractivity contribution is 6.21. The zero-order valence-electron chi connectivity index (χ0n) is 16.3. The van der Waals surface area contributed by atoms with Crippen molar-refractivity contribution in [2.24, 2.45) is 15.9 Å². The molecule has 2 heterocycles. The van der Waals surface area contributed by atoms with E-state index in [0.29, 0.717) is 11.5 Å². The fraction of sp³-hybridized carbons (Fsp3) is 0.217. The molecule has 1 atom stereocenters. The molecule has 0 N–H and O–H groups in total. The van der Waals surface area contributed by atoms with E-state index in [1.807, 2.05) is 43.3 Å². The van der Waals surface area contributed by atoms with E-state index in [-0.39, 0.29) is 18.4 Å². The fourth-order valence-electron chi connectivity index (χ4n) is 3.42. The average Bonchev–Trinajstić information content (AvgIpc) is 3.09. The molecule has 0 spiro atoms. The van der Waals surface area contributed by atoms with Crippen LogP contribution in [-0.2, 0) is 16.0 Å². The predicted molar refractivity (Wildman–Crippen MR) is 114 cm³/mol. The molecule has 6 nitrogen and oxygen atoms in total. The van der Waals surface area contributed by atoms with Crippen molar-refractivity contribution in [1.82, 2.24) is 4.90 Å². The molecule has 0 bridgehead atoms. The monoisotopic (exact) mass is 387 g/mol. The molecule has 2 aliphatic rings. The molecule has 1 aromatic carbocycles.